The van der Waals surface area contributed by atoms with E-state index in [9.17, 15) is 14.0 Å². The molecule has 0 bridgehead atoms. The first-order valence-electron chi connectivity index (χ1n) is 8.52. The number of aromatic nitrogens is 1. The molecule has 1 atom stereocenters. The highest BCUT2D eigenvalue weighted by atomic mass is 19.1. The summed E-state index contributed by atoms with van der Waals surface area (Å²) in [5.74, 6) is -1.36. The average molecular weight is 366 g/mol. The Balaban J connectivity index is 1.64. The standard InChI is InChI=1S/C21H19FN2O3/c1-13-11-18(17-5-3-4-6-19(17)23-13)21(26)27-12-20(25)24-14(2)15-7-9-16(22)10-8-15/h3-11,14H,12H2,1-2H3,(H,24,25)/t14-/m1/s1. The Bertz CT molecular complexity index is 986. The van der Waals surface area contributed by atoms with Crippen LogP contribution in [-0.4, -0.2) is 23.5 Å². The van der Waals surface area contributed by atoms with Gasteiger partial charge in [-0.3, -0.25) is 9.78 Å². The zero-order valence-corrected chi connectivity index (χ0v) is 15.0. The van der Waals surface area contributed by atoms with Crippen molar-refractivity contribution < 1.29 is 18.7 Å². The van der Waals surface area contributed by atoms with Crippen molar-refractivity contribution in [2.24, 2.45) is 0 Å². The van der Waals surface area contributed by atoms with Crippen molar-refractivity contribution >= 4 is 22.8 Å². The lowest BCUT2D eigenvalue weighted by atomic mass is 10.1. The highest BCUT2D eigenvalue weighted by Gasteiger charge is 2.16. The van der Waals surface area contributed by atoms with Crippen LogP contribution in [0.2, 0.25) is 0 Å². The molecule has 5 nitrogen and oxygen atoms in total. The second-order valence-electron chi connectivity index (χ2n) is 6.25. The minimum Gasteiger partial charge on any atom is -0.452 e. The van der Waals surface area contributed by atoms with Crippen LogP contribution in [-0.2, 0) is 9.53 Å². The first-order valence-corrected chi connectivity index (χ1v) is 8.52. The van der Waals surface area contributed by atoms with Gasteiger partial charge in [0, 0.05) is 11.1 Å². The number of pyridine rings is 1. The highest BCUT2D eigenvalue weighted by Crippen LogP contribution is 2.19. The van der Waals surface area contributed by atoms with Crippen LogP contribution in [0.4, 0.5) is 4.39 Å². The number of esters is 1. The molecule has 138 valence electrons. The molecule has 0 spiro atoms. The summed E-state index contributed by atoms with van der Waals surface area (Å²) in [4.78, 5) is 28.9. The summed E-state index contributed by atoms with van der Waals surface area (Å²) in [5.41, 5.74) is 2.51. The van der Waals surface area contributed by atoms with E-state index in [1.807, 2.05) is 18.2 Å². The Morgan fingerprint density at radius 1 is 1.15 bits per heavy atom. The molecular formula is C21H19FN2O3. The van der Waals surface area contributed by atoms with Gasteiger partial charge < -0.3 is 10.1 Å². The Morgan fingerprint density at radius 2 is 1.85 bits per heavy atom. The average Bonchev–Trinajstić information content (AvgIpc) is 2.65. The van der Waals surface area contributed by atoms with Crippen LogP contribution in [0.15, 0.2) is 54.6 Å². The number of benzene rings is 2. The molecule has 1 amide bonds. The van der Waals surface area contributed by atoms with Crippen LogP contribution in [0.3, 0.4) is 0 Å². The second-order valence-corrected chi connectivity index (χ2v) is 6.25. The van der Waals surface area contributed by atoms with E-state index in [0.29, 0.717) is 22.2 Å². The topological polar surface area (TPSA) is 68.3 Å². The molecule has 0 aliphatic heterocycles. The summed E-state index contributed by atoms with van der Waals surface area (Å²) in [6, 6.07) is 14.4. The molecule has 1 N–H and O–H groups in total. The van der Waals surface area contributed by atoms with E-state index in [1.165, 1.54) is 12.1 Å². The van der Waals surface area contributed by atoms with Crippen molar-refractivity contribution in [1.29, 1.82) is 0 Å². The normalized spacial score (nSPS) is 11.8. The molecule has 3 rings (SSSR count). The molecule has 0 unspecified atom stereocenters. The predicted octanol–water partition coefficient (Wildman–Crippen LogP) is 3.72. The maximum absolute atomic E-state index is 13.0. The largest absolute Gasteiger partial charge is 0.452 e. The smallest absolute Gasteiger partial charge is 0.339 e. The van der Waals surface area contributed by atoms with Crippen molar-refractivity contribution in [3.05, 3.63) is 77.2 Å². The molecule has 0 aliphatic rings. The first kappa shape index (κ1) is 18.5. The number of halogens is 1. The number of fused-ring (bicyclic) bond motifs is 1. The lowest BCUT2D eigenvalue weighted by Crippen LogP contribution is -2.31. The molecule has 6 heteroatoms. The lowest BCUT2D eigenvalue weighted by molar-refractivity contribution is -0.124. The van der Waals surface area contributed by atoms with Crippen molar-refractivity contribution in [3.63, 3.8) is 0 Å². The minimum atomic E-state index is -0.582. The summed E-state index contributed by atoms with van der Waals surface area (Å²) in [6.45, 7) is 3.16. The van der Waals surface area contributed by atoms with Gasteiger partial charge in [-0.25, -0.2) is 9.18 Å². The zero-order valence-electron chi connectivity index (χ0n) is 15.0. The number of hydrogen-bond donors (Lipinski definition) is 1. The van der Waals surface area contributed by atoms with Crippen molar-refractivity contribution in [1.82, 2.24) is 10.3 Å². The number of ether oxygens (including phenoxy) is 1. The van der Waals surface area contributed by atoms with E-state index in [0.717, 1.165) is 5.56 Å². The van der Waals surface area contributed by atoms with Gasteiger partial charge in [-0.1, -0.05) is 30.3 Å². The lowest BCUT2D eigenvalue weighted by Gasteiger charge is -2.14. The zero-order chi connectivity index (χ0) is 19.4. The molecule has 0 fully saturated rings. The summed E-state index contributed by atoms with van der Waals surface area (Å²) in [7, 11) is 0. The molecular weight excluding hydrogens is 347 g/mol. The summed E-state index contributed by atoms with van der Waals surface area (Å²) in [5, 5.41) is 3.39. The van der Waals surface area contributed by atoms with E-state index < -0.39 is 18.5 Å². The molecule has 2 aromatic carbocycles. The van der Waals surface area contributed by atoms with Crippen LogP contribution in [0.1, 0.15) is 34.6 Å². The number of nitrogens with one attached hydrogen (secondary N) is 1. The van der Waals surface area contributed by atoms with E-state index in [4.69, 9.17) is 4.74 Å². The van der Waals surface area contributed by atoms with E-state index in [2.05, 4.69) is 10.3 Å². The molecule has 0 radical (unpaired) electrons. The van der Waals surface area contributed by atoms with Gasteiger partial charge in [-0.2, -0.15) is 0 Å². The maximum atomic E-state index is 13.0. The van der Waals surface area contributed by atoms with E-state index in [1.54, 1.807) is 38.1 Å². The van der Waals surface area contributed by atoms with Gasteiger partial charge in [0.15, 0.2) is 6.61 Å². The van der Waals surface area contributed by atoms with Crippen LogP contribution >= 0.6 is 0 Å². The van der Waals surface area contributed by atoms with Gasteiger partial charge >= 0.3 is 5.97 Å². The summed E-state index contributed by atoms with van der Waals surface area (Å²) < 4.78 is 18.1. The third-order valence-corrected chi connectivity index (χ3v) is 4.15. The van der Waals surface area contributed by atoms with Crippen LogP contribution in [0, 0.1) is 12.7 Å². The predicted molar refractivity (Wildman–Crippen MR) is 99.7 cm³/mol. The fraction of sp³-hybridized carbons (Fsp3) is 0.190. The SMILES string of the molecule is Cc1cc(C(=O)OCC(=O)N[C@H](C)c2ccc(F)cc2)c2ccccc2n1. The van der Waals surface area contributed by atoms with Crippen molar-refractivity contribution in [2.45, 2.75) is 19.9 Å². The minimum absolute atomic E-state index is 0.333. The quantitative estimate of drug-likeness (QED) is 0.699. The van der Waals surface area contributed by atoms with E-state index >= 15 is 0 Å². The number of rotatable bonds is 5. The molecule has 1 aromatic heterocycles. The Morgan fingerprint density at radius 3 is 2.59 bits per heavy atom. The fourth-order valence-corrected chi connectivity index (χ4v) is 2.80. The molecule has 1 heterocycles. The van der Waals surface area contributed by atoms with Gasteiger partial charge in [0.05, 0.1) is 17.1 Å². The van der Waals surface area contributed by atoms with Gasteiger partial charge in [0.2, 0.25) is 0 Å². The number of nitrogens with zero attached hydrogens (tertiary/aromatic N) is 1. The third-order valence-electron chi connectivity index (χ3n) is 4.15. The summed E-state index contributed by atoms with van der Waals surface area (Å²) >= 11 is 0. The number of carbonyl (C=O) groups excluding carboxylic acids is 2. The summed E-state index contributed by atoms with van der Waals surface area (Å²) in [6.07, 6.45) is 0. The first-order chi connectivity index (χ1) is 12.9. The number of para-hydroxylation sites is 1. The number of hydrogen-bond acceptors (Lipinski definition) is 4. The highest BCUT2D eigenvalue weighted by molar-refractivity contribution is 6.04. The van der Waals surface area contributed by atoms with Crippen LogP contribution in [0.25, 0.3) is 10.9 Å². The Kier molecular flexibility index (Phi) is 5.45. The fourth-order valence-electron chi connectivity index (χ4n) is 2.80. The Labute approximate surface area is 156 Å². The van der Waals surface area contributed by atoms with Gasteiger partial charge in [0.1, 0.15) is 5.82 Å². The molecule has 3 aromatic rings. The van der Waals surface area contributed by atoms with Crippen molar-refractivity contribution in [3.8, 4) is 0 Å². The molecule has 0 aliphatic carbocycles. The number of aryl methyl sites for hydroxylation is 1. The second kappa shape index (κ2) is 7.95. The third kappa shape index (κ3) is 4.47. The van der Waals surface area contributed by atoms with Crippen LogP contribution < -0.4 is 5.32 Å². The molecule has 27 heavy (non-hydrogen) atoms. The van der Waals surface area contributed by atoms with E-state index in [-0.39, 0.29) is 11.9 Å². The van der Waals surface area contributed by atoms with Gasteiger partial charge in [0.25, 0.3) is 5.91 Å². The van der Waals surface area contributed by atoms with Gasteiger partial charge in [-0.05, 0) is 43.7 Å². The van der Waals surface area contributed by atoms with Crippen LogP contribution in [0.5, 0.6) is 0 Å². The van der Waals surface area contributed by atoms with Gasteiger partial charge in [-0.15, -0.1) is 0 Å². The van der Waals surface area contributed by atoms with Crippen molar-refractivity contribution in [2.75, 3.05) is 6.61 Å². The molecule has 0 saturated carbocycles. The number of carbonyl (C=O) groups is 2. The maximum Gasteiger partial charge on any atom is 0.339 e. The Hall–Kier alpha value is -3.28. The molecule has 0 saturated heterocycles. The monoisotopic (exact) mass is 366 g/mol. The number of amides is 1.